The van der Waals surface area contributed by atoms with E-state index in [4.69, 9.17) is 0 Å². The van der Waals surface area contributed by atoms with Crippen molar-refractivity contribution < 1.29 is 28.8 Å². The van der Waals surface area contributed by atoms with Gasteiger partial charge in [-0.1, -0.05) is 20.8 Å². The number of carbonyl (C=O) groups excluding carboxylic acids is 6. The van der Waals surface area contributed by atoms with Gasteiger partial charge in [0.2, 0.25) is 17.7 Å². The highest BCUT2D eigenvalue weighted by Crippen LogP contribution is 2.31. The second-order valence-electron chi connectivity index (χ2n) is 9.50. The van der Waals surface area contributed by atoms with Gasteiger partial charge in [0.15, 0.2) is 5.78 Å². The number of hydrogen-bond acceptors (Lipinski definition) is 8. The van der Waals surface area contributed by atoms with Crippen LogP contribution in [0, 0.1) is 17.3 Å². The van der Waals surface area contributed by atoms with Crippen LogP contribution >= 0.6 is 23.5 Å². The number of thioether (sulfide) groups is 2. The van der Waals surface area contributed by atoms with Gasteiger partial charge in [0.25, 0.3) is 0 Å². The van der Waals surface area contributed by atoms with Gasteiger partial charge in [-0.15, -0.1) is 23.5 Å². The van der Waals surface area contributed by atoms with E-state index in [-0.39, 0.29) is 77.2 Å². The Kier molecular flexibility index (Phi) is 9.10. The standard InChI is InChI=1S/C22H32N2O6S2/c1-12-15(26)7-16(20(12)29)32-11-18(27)23-9-13(22(2,3)4)6-14(25)10-31-17-8-19(28)24(5)21(17)30/h12-13,16-17H,6-11H2,1-5H3,(H,23,27). The third kappa shape index (κ3) is 6.91. The van der Waals surface area contributed by atoms with Crippen LogP contribution < -0.4 is 5.32 Å². The molecule has 1 aliphatic heterocycles. The molecule has 0 aromatic rings. The molecule has 32 heavy (non-hydrogen) atoms. The highest BCUT2D eigenvalue weighted by molar-refractivity contribution is 8.01. The number of carbonyl (C=O) groups is 6. The predicted octanol–water partition coefficient (Wildman–Crippen LogP) is 1.49. The van der Waals surface area contributed by atoms with Crippen molar-refractivity contribution in [1.29, 1.82) is 0 Å². The maximum atomic E-state index is 12.6. The number of nitrogens with one attached hydrogen (secondary N) is 1. The van der Waals surface area contributed by atoms with E-state index in [0.717, 1.165) is 4.90 Å². The second kappa shape index (κ2) is 11.0. The van der Waals surface area contributed by atoms with Crippen molar-refractivity contribution in [3.8, 4) is 0 Å². The number of Topliss-reactive ketones (excluding diaryl/α,β-unsaturated/α-hetero) is 3. The second-order valence-corrected chi connectivity index (χ2v) is 11.9. The van der Waals surface area contributed by atoms with Gasteiger partial charge >= 0.3 is 0 Å². The topological polar surface area (TPSA) is 118 Å². The molecule has 1 N–H and O–H groups in total. The molecule has 2 fully saturated rings. The normalized spacial score (nSPS) is 24.9. The summed E-state index contributed by atoms with van der Waals surface area (Å²) in [7, 11) is 1.45. The molecule has 0 spiro atoms. The molecule has 178 valence electrons. The van der Waals surface area contributed by atoms with Crippen molar-refractivity contribution >= 4 is 58.6 Å². The Hall–Kier alpha value is -1.68. The van der Waals surface area contributed by atoms with E-state index in [1.54, 1.807) is 6.92 Å². The third-order valence-electron chi connectivity index (χ3n) is 6.06. The molecule has 8 nitrogen and oxygen atoms in total. The van der Waals surface area contributed by atoms with Crippen LogP contribution in [0.3, 0.4) is 0 Å². The van der Waals surface area contributed by atoms with E-state index in [9.17, 15) is 28.8 Å². The first-order valence-corrected chi connectivity index (χ1v) is 12.8. The smallest absolute Gasteiger partial charge is 0.242 e. The maximum absolute atomic E-state index is 12.6. The van der Waals surface area contributed by atoms with Gasteiger partial charge in [0, 0.05) is 32.9 Å². The fraction of sp³-hybridized carbons (Fsp3) is 0.727. The van der Waals surface area contributed by atoms with E-state index >= 15 is 0 Å². The molecule has 3 amide bonds. The molecule has 1 saturated carbocycles. The minimum absolute atomic E-state index is 0.0302. The lowest BCUT2D eigenvalue weighted by Gasteiger charge is -2.30. The maximum Gasteiger partial charge on any atom is 0.242 e. The molecule has 4 unspecified atom stereocenters. The van der Waals surface area contributed by atoms with Crippen LogP contribution in [0.5, 0.6) is 0 Å². The third-order valence-corrected chi connectivity index (χ3v) is 8.55. The fourth-order valence-electron chi connectivity index (χ4n) is 3.57. The SMILES string of the molecule is CC1C(=O)CC(SCC(=O)NCC(CC(=O)CSC2CC(=O)N(C)C2=O)C(C)(C)C)C1=O. The molecule has 1 heterocycles. The monoisotopic (exact) mass is 484 g/mol. The van der Waals surface area contributed by atoms with E-state index in [1.807, 2.05) is 20.8 Å². The number of imide groups is 1. The molecule has 4 atom stereocenters. The Morgan fingerprint density at radius 2 is 1.69 bits per heavy atom. The quantitative estimate of drug-likeness (QED) is 0.366. The number of amides is 3. The van der Waals surface area contributed by atoms with Crippen molar-refractivity contribution in [2.75, 3.05) is 25.1 Å². The van der Waals surface area contributed by atoms with Crippen molar-refractivity contribution in [2.45, 2.75) is 57.5 Å². The molecule has 0 radical (unpaired) electrons. The van der Waals surface area contributed by atoms with Crippen LogP contribution in [-0.2, 0) is 28.8 Å². The van der Waals surface area contributed by atoms with Crippen LogP contribution in [0.2, 0.25) is 0 Å². The molecular weight excluding hydrogens is 452 g/mol. The molecule has 2 rings (SSSR count). The van der Waals surface area contributed by atoms with E-state index in [2.05, 4.69) is 5.32 Å². The van der Waals surface area contributed by atoms with Crippen LogP contribution in [0.1, 0.15) is 47.0 Å². The summed E-state index contributed by atoms with van der Waals surface area (Å²) < 4.78 is 0. The van der Waals surface area contributed by atoms with Crippen LogP contribution in [0.25, 0.3) is 0 Å². The summed E-state index contributed by atoms with van der Waals surface area (Å²) in [5.74, 6) is -1.41. The average molecular weight is 485 g/mol. The van der Waals surface area contributed by atoms with Crippen molar-refractivity contribution in [3.05, 3.63) is 0 Å². The number of nitrogens with zero attached hydrogens (tertiary/aromatic N) is 1. The number of ketones is 3. The number of hydrogen-bond donors (Lipinski definition) is 1. The summed E-state index contributed by atoms with van der Waals surface area (Å²) in [4.78, 5) is 73.2. The van der Waals surface area contributed by atoms with Gasteiger partial charge in [0.05, 0.1) is 27.9 Å². The molecule has 1 saturated heterocycles. The molecule has 0 aromatic heterocycles. The minimum atomic E-state index is -0.581. The lowest BCUT2D eigenvalue weighted by Crippen LogP contribution is -2.38. The fourth-order valence-corrected chi connectivity index (χ4v) is 5.74. The number of likely N-dealkylation sites (tertiary alicyclic amines) is 1. The zero-order chi connectivity index (χ0) is 24.2. The Morgan fingerprint density at radius 3 is 2.19 bits per heavy atom. The van der Waals surface area contributed by atoms with Gasteiger partial charge in [-0.25, -0.2) is 0 Å². The molecular formula is C22H32N2O6S2. The van der Waals surface area contributed by atoms with Crippen LogP contribution in [-0.4, -0.2) is 75.6 Å². The van der Waals surface area contributed by atoms with Gasteiger partial charge in [-0.3, -0.25) is 33.7 Å². The van der Waals surface area contributed by atoms with Gasteiger partial charge in [0.1, 0.15) is 11.6 Å². The first-order chi connectivity index (χ1) is 14.8. The van der Waals surface area contributed by atoms with E-state index in [0.29, 0.717) is 6.54 Å². The van der Waals surface area contributed by atoms with Gasteiger partial charge < -0.3 is 5.32 Å². The highest BCUT2D eigenvalue weighted by atomic mass is 32.2. The number of rotatable bonds is 10. The first-order valence-electron chi connectivity index (χ1n) is 10.7. The van der Waals surface area contributed by atoms with Crippen LogP contribution in [0.4, 0.5) is 0 Å². The Bertz CT molecular complexity index is 807. The largest absolute Gasteiger partial charge is 0.355 e. The summed E-state index contributed by atoms with van der Waals surface area (Å²) in [5.41, 5.74) is -0.233. The Labute approximate surface area is 197 Å². The summed E-state index contributed by atoms with van der Waals surface area (Å²) in [6.45, 7) is 7.91. The predicted molar refractivity (Wildman–Crippen MR) is 124 cm³/mol. The minimum Gasteiger partial charge on any atom is -0.355 e. The Balaban J connectivity index is 1.79. The lowest BCUT2D eigenvalue weighted by atomic mass is 9.78. The first kappa shape index (κ1) is 26.6. The summed E-state index contributed by atoms with van der Waals surface area (Å²) in [6.07, 6.45) is 0.555. The van der Waals surface area contributed by atoms with Gasteiger partial charge in [-0.2, -0.15) is 0 Å². The zero-order valence-corrected chi connectivity index (χ0v) is 20.9. The highest BCUT2D eigenvalue weighted by Gasteiger charge is 2.39. The molecule has 2 aliphatic rings. The molecule has 0 bridgehead atoms. The van der Waals surface area contributed by atoms with Crippen LogP contribution in [0.15, 0.2) is 0 Å². The summed E-state index contributed by atoms with van der Waals surface area (Å²) in [6, 6.07) is 0. The summed E-state index contributed by atoms with van der Waals surface area (Å²) in [5, 5.41) is 1.89. The van der Waals surface area contributed by atoms with Crippen molar-refractivity contribution in [2.24, 2.45) is 17.3 Å². The van der Waals surface area contributed by atoms with Crippen molar-refractivity contribution in [1.82, 2.24) is 10.2 Å². The summed E-state index contributed by atoms with van der Waals surface area (Å²) >= 11 is 2.38. The zero-order valence-electron chi connectivity index (χ0n) is 19.3. The van der Waals surface area contributed by atoms with Gasteiger partial charge in [-0.05, 0) is 18.3 Å². The molecule has 10 heteroatoms. The molecule has 0 aromatic carbocycles. The van der Waals surface area contributed by atoms with E-state index < -0.39 is 16.4 Å². The van der Waals surface area contributed by atoms with E-state index in [1.165, 1.54) is 30.6 Å². The van der Waals surface area contributed by atoms with Crippen molar-refractivity contribution in [3.63, 3.8) is 0 Å². The Morgan fingerprint density at radius 1 is 1.06 bits per heavy atom. The molecule has 1 aliphatic carbocycles. The lowest BCUT2D eigenvalue weighted by molar-refractivity contribution is -0.136. The average Bonchev–Trinajstić information content (AvgIpc) is 3.10.